The standard InChI is InChI=1S/C30H35F3N6O/c1-18-13-22(14-19(2)40-18)29-36-35-28-17-34-25-7-5-21(16-27(25)39(28)29)20-6-8-26(24(15-20)30(31,32)33)38-11-9-23(10-12-38)37(3)4/h5-8,15-19,22-23H,9-14H2,1-4H3/t18-,19+,22?. The lowest BCUT2D eigenvalue weighted by Crippen LogP contribution is -2.42. The van der Waals surface area contributed by atoms with E-state index in [0.717, 1.165) is 42.5 Å². The first kappa shape index (κ1) is 27.0. The first-order valence-corrected chi connectivity index (χ1v) is 14.0. The highest BCUT2D eigenvalue weighted by Gasteiger charge is 2.36. The van der Waals surface area contributed by atoms with Gasteiger partial charge in [-0.1, -0.05) is 12.1 Å². The number of benzene rings is 2. The Morgan fingerprint density at radius 3 is 2.27 bits per heavy atom. The fourth-order valence-corrected chi connectivity index (χ4v) is 6.48. The zero-order chi connectivity index (χ0) is 28.2. The predicted octanol–water partition coefficient (Wildman–Crippen LogP) is 6.16. The van der Waals surface area contributed by atoms with Crippen LogP contribution in [0.2, 0.25) is 0 Å². The Balaban J connectivity index is 1.40. The zero-order valence-corrected chi connectivity index (χ0v) is 23.3. The number of ether oxygens (including phenoxy) is 1. The molecule has 2 aromatic heterocycles. The summed E-state index contributed by atoms with van der Waals surface area (Å²) < 4.78 is 51.0. The molecule has 2 aromatic carbocycles. The van der Waals surface area contributed by atoms with Crippen molar-refractivity contribution in [1.82, 2.24) is 24.5 Å². The number of halogens is 3. The van der Waals surface area contributed by atoms with Crippen LogP contribution in [0.1, 0.15) is 56.8 Å². The second kappa shape index (κ2) is 10.3. The van der Waals surface area contributed by atoms with Gasteiger partial charge in [0.2, 0.25) is 0 Å². The van der Waals surface area contributed by atoms with E-state index < -0.39 is 11.7 Å². The van der Waals surface area contributed by atoms with Crippen LogP contribution in [0.4, 0.5) is 18.9 Å². The summed E-state index contributed by atoms with van der Waals surface area (Å²) in [7, 11) is 4.05. The van der Waals surface area contributed by atoms with Gasteiger partial charge in [0, 0.05) is 30.7 Å². The van der Waals surface area contributed by atoms with Gasteiger partial charge in [-0.15, -0.1) is 10.2 Å². The van der Waals surface area contributed by atoms with Crippen LogP contribution in [0.25, 0.3) is 27.8 Å². The molecule has 0 aliphatic carbocycles. The highest BCUT2D eigenvalue weighted by atomic mass is 19.4. The van der Waals surface area contributed by atoms with Crippen LogP contribution >= 0.6 is 0 Å². The zero-order valence-electron chi connectivity index (χ0n) is 23.3. The van der Waals surface area contributed by atoms with Gasteiger partial charge in [-0.05, 0) is 89.0 Å². The van der Waals surface area contributed by atoms with Crippen molar-refractivity contribution in [2.24, 2.45) is 0 Å². The largest absolute Gasteiger partial charge is 0.418 e. The van der Waals surface area contributed by atoms with Crippen molar-refractivity contribution in [2.75, 3.05) is 32.1 Å². The molecule has 2 fully saturated rings. The Morgan fingerprint density at radius 2 is 1.60 bits per heavy atom. The molecule has 0 spiro atoms. The maximum Gasteiger partial charge on any atom is 0.418 e. The second-order valence-electron chi connectivity index (χ2n) is 11.6. The molecule has 3 atom stereocenters. The third kappa shape index (κ3) is 5.03. The lowest BCUT2D eigenvalue weighted by atomic mass is 9.92. The maximum absolute atomic E-state index is 14.4. The minimum Gasteiger partial charge on any atom is -0.376 e. The summed E-state index contributed by atoms with van der Waals surface area (Å²) >= 11 is 0. The second-order valence-corrected chi connectivity index (χ2v) is 11.6. The summed E-state index contributed by atoms with van der Waals surface area (Å²) in [6.45, 7) is 5.33. The molecule has 7 nitrogen and oxygen atoms in total. The van der Waals surface area contributed by atoms with E-state index in [0.29, 0.717) is 35.9 Å². The highest BCUT2D eigenvalue weighted by molar-refractivity contribution is 5.84. The number of aromatic nitrogens is 4. The minimum absolute atomic E-state index is 0.109. The molecule has 4 heterocycles. The number of hydrogen-bond acceptors (Lipinski definition) is 6. The van der Waals surface area contributed by atoms with Crippen LogP contribution in [0.3, 0.4) is 0 Å². The molecule has 2 saturated heterocycles. The summed E-state index contributed by atoms with van der Waals surface area (Å²) in [6, 6.07) is 10.7. The van der Waals surface area contributed by atoms with E-state index in [1.165, 1.54) is 6.07 Å². The monoisotopic (exact) mass is 552 g/mol. The van der Waals surface area contributed by atoms with Gasteiger partial charge >= 0.3 is 6.18 Å². The highest BCUT2D eigenvalue weighted by Crippen LogP contribution is 2.41. The normalized spacial score (nSPS) is 23.0. The molecule has 0 N–H and O–H groups in total. The third-order valence-electron chi connectivity index (χ3n) is 8.48. The van der Waals surface area contributed by atoms with Crippen molar-refractivity contribution in [3.05, 3.63) is 54.0 Å². The lowest BCUT2D eigenvalue weighted by molar-refractivity contribution is -0.137. The van der Waals surface area contributed by atoms with Crippen LogP contribution < -0.4 is 4.90 Å². The van der Waals surface area contributed by atoms with E-state index in [4.69, 9.17) is 4.74 Å². The number of piperidine rings is 1. The predicted molar refractivity (Wildman–Crippen MR) is 150 cm³/mol. The first-order valence-electron chi connectivity index (χ1n) is 14.0. The van der Waals surface area contributed by atoms with Gasteiger partial charge in [0.25, 0.3) is 0 Å². The van der Waals surface area contributed by atoms with Crippen LogP contribution in [0, 0.1) is 0 Å². The Hall–Kier alpha value is -3.24. The average molecular weight is 553 g/mol. The molecule has 0 saturated carbocycles. The van der Waals surface area contributed by atoms with E-state index >= 15 is 0 Å². The van der Waals surface area contributed by atoms with E-state index in [2.05, 4.69) is 33.9 Å². The molecule has 212 valence electrons. The molecule has 2 aliphatic heterocycles. The Labute approximate surface area is 232 Å². The lowest BCUT2D eigenvalue weighted by Gasteiger charge is -2.37. The van der Waals surface area contributed by atoms with Crippen molar-refractivity contribution in [2.45, 2.75) is 69.9 Å². The molecule has 0 amide bonds. The van der Waals surface area contributed by atoms with Crippen LogP contribution in [0.15, 0.2) is 42.6 Å². The van der Waals surface area contributed by atoms with Gasteiger partial charge in [0.05, 0.1) is 35.0 Å². The quantitative estimate of drug-likeness (QED) is 0.302. The van der Waals surface area contributed by atoms with Crippen molar-refractivity contribution < 1.29 is 17.9 Å². The maximum atomic E-state index is 14.4. The smallest absolute Gasteiger partial charge is 0.376 e. The molecular weight excluding hydrogens is 517 g/mol. The number of nitrogens with zero attached hydrogens (tertiary/aromatic N) is 6. The molecule has 6 rings (SSSR count). The van der Waals surface area contributed by atoms with Gasteiger partial charge < -0.3 is 14.5 Å². The molecule has 40 heavy (non-hydrogen) atoms. The van der Waals surface area contributed by atoms with Gasteiger partial charge in [0.1, 0.15) is 5.82 Å². The first-order chi connectivity index (χ1) is 19.1. The summed E-state index contributed by atoms with van der Waals surface area (Å²) in [5.74, 6) is 1.00. The summed E-state index contributed by atoms with van der Waals surface area (Å²) in [4.78, 5) is 8.57. The fraction of sp³-hybridized carbons (Fsp3) is 0.500. The van der Waals surface area contributed by atoms with Crippen LogP contribution in [-0.4, -0.2) is 69.9 Å². The Kier molecular flexibility index (Phi) is 6.94. The Morgan fingerprint density at radius 1 is 0.925 bits per heavy atom. The van der Waals surface area contributed by atoms with Gasteiger partial charge in [-0.2, -0.15) is 13.2 Å². The molecule has 10 heteroatoms. The fourth-order valence-electron chi connectivity index (χ4n) is 6.48. The SMILES string of the molecule is C[C@@H]1CC(c2nnc3cnc4ccc(-c5ccc(N6CCC(N(C)C)CC6)c(C(F)(F)F)c5)cc4n23)C[C@H](C)O1. The molecule has 2 aliphatic rings. The van der Waals surface area contributed by atoms with E-state index in [9.17, 15) is 13.2 Å². The van der Waals surface area contributed by atoms with Gasteiger partial charge in [-0.25, -0.2) is 0 Å². The number of anilines is 1. The topological polar surface area (TPSA) is 58.8 Å². The average Bonchev–Trinajstić information content (AvgIpc) is 3.36. The van der Waals surface area contributed by atoms with Crippen LogP contribution in [-0.2, 0) is 10.9 Å². The molecular formula is C30H35F3N6O. The van der Waals surface area contributed by atoms with Crippen LogP contribution in [0.5, 0.6) is 0 Å². The van der Waals surface area contributed by atoms with Crippen molar-refractivity contribution >= 4 is 22.4 Å². The van der Waals surface area contributed by atoms with Gasteiger partial charge in [-0.3, -0.25) is 9.38 Å². The van der Waals surface area contributed by atoms with E-state index in [-0.39, 0.29) is 23.8 Å². The van der Waals surface area contributed by atoms with Gasteiger partial charge in [0.15, 0.2) is 5.65 Å². The summed E-state index contributed by atoms with van der Waals surface area (Å²) in [5, 5.41) is 8.90. The number of hydrogen-bond donors (Lipinski definition) is 0. The molecule has 0 bridgehead atoms. The third-order valence-corrected chi connectivity index (χ3v) is 8.48. The number of rotatable bonds is 4. The number of alkyl halides is 3. The van der Waals surface area contributed by atoms with Crippen molar-refractivity contribution in [3.63, 3.8) is 0 Å². The van der Waals surface area contributed by atoms with E-state index in [1.54, 1.807) is 18.3 Å². The summed E-state index contributed by atoms with van der Waals surface area (Å²) in [5.41, 5.74) is 3.01. The molecule has 0 radical (unpaired) electrons. The number of fused-ring (bicyclic) bond motifs is 3. The Bertz CT molecular complexity index is 1520. The summed E-state index contributed by atoms with van der Waals surface area (Å²) in [6.07, 6.45) is 0.787. The molecule has 1 unspecified atom stereocenters. The van der Waals surface area contributed by atoms with Crippen molar-refractivity contribution in [1.29, 1.82) is 0 Å². The minimum atomic E-state index is -4.46. The van der Waals surface area contributed by atoms with E-state index in [1.807, 2.05) is 41.6 Å². The molecule has 4 aromatic rings. The van der Waals surface area contributed by atoms with Crippen molar-refractivity contribution in [3.8, 4) is 11.1 Å².